The van der Waals surface area contributed by atoms with Crippen LogP contribution in [0.5, 0.6) is 5.75 Å². The standard InChI is InChI=1S/C22H21N3O4/c1-12-17-18(22(24-12)15-5-3-4-6-16(15)23-21(22)28)20(27)25(19(17)26)11-13-7-9-14(29-2)10-8-13/h3-10,12,17-18,24H,11H2,1-2H3,(H,23,28)/t12-,17+,18+,22+/m1/s1. The van der Waals surface area contributed by atoms with E-state index in [4.69, 9.17) is 4.74 Å². The predicted molar refractivity (Wildman–Crippen MR) is 105 cm³/mol. The Morgan fingerprint density at radius 3 is 2.48 bits per heavy atom. The largest absolute Gasteiger partial charge is 0.497 e. The van der Waals surface area contributed by atoms with Crippen molar-refractivity contribution in [2.75, 3.05) is 12.4 Å². The summed E-state index contributed by atoms with van der Waals surface area (Å²) < 4.78 is 5.16. The topological polar surface area (TPSA) is 87.7 Å². The molecule has 0 saturated carbocycles. The monoisotopic (exact) mass is 391 g/mol. The molecule has 7 nitrogen and oxygen atoms in total. The highest BCUT2D eigenvalue weighted by molar-refractivity contribution is 6.15. The molecule has 2 aromatic rings. The van der Waals surface area contributed by atoms with Crippen LogP contribution in [0.25, 0.3) is 0 Å². The fraction of sp³-hybridized carbons (Fsp3) is 0.318. The van der Waals surface area contributed by atoms with E-state index in [0.29, 0.717) is 11.4 Å². The minimum Gasteiger partial charge on any atom is -0.497 e. The van der Waals surface area contributed by atoms with Crippen LogP contribution in [0.2, 0.25) is 0 Å². The first kappa shape index (κ1) is 17.9. The van der Waals surface area contributed by atoms with Crippen molar-refractivity contribution in [2.24, 2.45) is 11.8 Å². The van der Waals surface area contributed by atoms with Crippen molar-refractivity contribution in [1.29, 1.82) is 0 Å². The lowest BCUT2D eigenvalue weighted by Gasteiger charge is -2.29. The third kappa shape index (κ3) is 2.31. The average Bonchev–Trinajstić information content (AvgIpc) is 3.28. The van der Waals surface area contributed by atoms with Gasteiger partial charge in [0.25, 0.3) is 0 Å². The normalized spacial score (nSPS) is 29.9. The molecule has 2 fully saturated rings. The van der Waals surface area contributed by atoms with E-state index in [9.17, 15) is 14.4 Å². The number of fused-ring (bicyclic) bond motifs is 4. The maximum absolute atomic E-state index is 13.4. The Kier molecular flexibility index (Phi) is 3.79. The Hall–Kier alpha value is -3.19. The molecule has 2 N–H and O–H groups in total. The van der Waals surface area contributed by atoms with Crippen LogP contribution in [0.1, 0.15) is 18.1 Å². The molecule has 0 bridgehead atoms. The lowest BCUT2D eigenvalue weighted by molar-refractivity contribution is -0.143. The van der Waals surface area contributed by atoms with E-state index in [-0.39, 0.29) is 30.3 Å². The van der Waals surface area contributed by atoms with Crippen LogP contribution < -0.4 is 15.4 Å². The number of imide groups is 1. The van der Waals surface area contributed by atoms with E-state index in [0.717, 1.165) is 11.1 Å². The zero-order valence-electron chi connectivity index (χ0n) is 16.1. The molecule has 0 radical (unpaired) electrons. The minimum atomic E-state index is -1.21. The van der Waals surface area contributed by atoms with E-state index in [2.05, 4.69) is 10.6 Å². The van der Waals surface area contributed by atoms with Gasteiger partial charge in [-0.25, -0.2) is 0 Å². The number of nitrogens with one attached hydrogen (secondary N) is 2. The second-order valence-electron chi connectivity index (χ2n) is 7.85. The summed E-state index contributed by atoms with van der Waals surface area (Å²) >= 11 is 0. The lowest BCUT2D eigenvalue weighted by Crippen LogP contribution is -2.52. The lowest BCUT2D eigenvalue weighted by atomic mass is 9.76. The molecule has 0 unspecified atom stereocenters. The molecule has 29 heavy (non-hydrogen) atoms. The molecule has 3 amide bonds. The van der Waals surface area contributed by atoms with Gasteiger partial charge in [0.05, 0.1) is 25.5 Å². The summed E-state index contributed by atoms with van der Waals surface area (Å²) in [6, 6.07) is 14.3. The van der Waals surface area contributed by atoms with Crippen LogP contribution in [0, 0.1) is 11.8 Å². The summed E-state index contributed by atoms with van der Waals surface area (Å²) in [6.07, 6.45) is 0. The number of anilines is 1. The van der Waals surface area contributed by atoms with Crippen LogP contribution >= 0.6 is 0 Å². The fourth-order valence-electron chi connectivity index (χ4n) is 5.05. The number of ether oxygens (including phenoxy) is 1. The number of hydrogen-bond acceptors (Lipinski definition) is 5. The van der Waals surface area contributed by atoms with E-state index in [1.165, 1.54) is 4.90 Å². The highest BCUT2D eigenvalue weighted by atomic mass is 16.5. The van der Waals surface area contributed by atoms with Gasteiger partial charge in [0.2, 0.25) is 17.7 Å². The van der Waals surface area contributed by atoms with Crippen LogP contribution in [-0.4, -0.2) is 35.8 Å². The van der Waals surface area contributed by atoms with Crippen molar-refractivity contribution >= 4 is 23.4 Å². The Balaban J connectivity index is 1.53. The van der Waals surface area contributed by atoms with E-state index in [1.54, 1.807) is 19.2 Å². The van der Waals surface area contributed by atoms with Crippen LogP contribution in [0.4, 0.5) is 5.69 Å². The Morgan fingerprint density at radius 1 is 1.03 bits per heavy atom. The second-order valence-corrected chi connectivity index (χ2v) is 7.85. The molecule has 2 saturated heterocycles. The second kappa shape index (κ2) is 6.15. The summed E-state index contributed by atoms with van der Waals surface area (Å²) in [5.74, 6) is -1.43. The van der Waals surface area contributed by atoms with Gasteiger partial charge in [0.1, 0.15) is 11.3 Å². The molecule has 5 rings (SSSR count). The highest BCUT2D eigenvalue weighted by Gasteiger charge is 2.69. The number of carbonyl (C=O) groups excluding carboxylic acids is 3. The van der Waals surface area contributed by atoms with Gasteiger partial charge < -0.3 is 10.1 Å². The number of carbonyl (C=O) groups is 3. The Labute approximate surface area is 168 Å². The van der Waals surface area contributed by atoms with Gasteiger partial charge >= 0.3 is 0 Å². The number of amides is 3. The highest BCUT2D eigenvalue weighted by Crippen LogP contribution is 2.52. The molecule has 148 valence electrons. The van der Waals surface area contributed by atoms with Crippen molar-refractivity contribution in [2.45, 2.75) is 25.0 Å². The van der Waals surface area contributed by atoms with Crippen molar-refractivity contribution in [3.8, 4) is 5.75 Å². The zero-order valence-corrected chi connectivity index (χ0v) is 16.1. The smallest absolute Gasteiger partial charge is 0.250 e. The van der Waals surface area contributed by atoms with Crippen LogP contribution in [-0.2, 0) is 26.5 Å². The number of rotatable bonds is 3. The predicted octanol–water partition coefficient (Wildman–Crippen LogP) is 1.64. The quantitative estimate of drug-likeness (QED) is 0.777. The number of likely N-dealkylation sites (tertiary alicyclic amines) is 1. The molecule has 2 aromatic carbocycles. The van der Waals surface area contributed by atoms with Gasteiger partial charge in [-0.2, -0.15) is 0 Å². The number of hydrogen-bond donors (Lipinski definition) is 2. The van der Waals surface area contributed by atoms with Crippen molar-refractivity contribution < 1.29 is 19.1 Å². The van der Waals surface area contributed by atoms with Crippen molar-refractivity contribution in [3.05, 3.63) is 59.7 Å². The van der Waals surface area contributed by atoms with Gasteiger partial charge in [-0.3, -0.25) is 24.6 Å². The minimum absolute atomic E-state index is 0.181. The third-order valence-corrected chi connectivity index (χ3v) is 6.36. The maximum Gasteiger partial charge on any atom is 0.250 e. The molecule has 0 aromatic heterocycles. The Morgan fingerprint density at radius 2 is 1.76 bits per heavy atom. The summed E-state index contributed by atoms with van der Waals surface area (Å²) in [5, 5.41) is 6.18. The molecule has 3 heterocycles. The molecule has 0 aliphatic carbocycles. The average molecular weight is 391 g/mol. The molecule has 1 spiro atoms. The summed E-state index contributed by atoms with van der Waals surface area (Å²) in [4.78, 5) is 41.0. The first-order valence-electron chi connectivity index (χ1n) is 9.64. The van der Waals surface area contributed by atoms with Crippen LogP contribution in [0.15, 0.2) is 48.5 Å². The first-order valence-corrected chi connectivity index (χ1v) is 9.64. The summed E-state index contributed by atoms with van der Waals surface area (Å²) in [7, 11) is 1.59. The van der Waals surface area contributed by atoms with Gasteiger partial charge in [0, 0.05) is 17.3 Å². The summed E-state index contributed by atoms with van der Waals surface area (Å²) in [6.45, 7) is 2.05. The SMILES string of the molecule is COc1ccc(CN2C(=O)[C@@H]3[C@@H](C2=O)[C@]2(N[C@@H]3C)C(=O)Nc3ccccc32)cc1. The Bertz CT molecular complexity index is 1030. The fourth-order valence-corrected chi connectivity index (χ4v) is 5.05. The number of methoxy groups -OCH3 is 1. The third-order valence-electron chi connectivity index (χ3n) is 6.36. The number of benzene rings is 2. The van der Waals surface area contributed by atoms with Gasteiger partial charge in [0.15, 0.2) is 0 Å². The number of para-hydroxylation sites is 1. The number of nitrogens with zero attached hydrogens (tertiary/aromatic N) is 1. The molecule has 4 atom stereocenters. The summed E-state index contributed by atoms with van der Waals surface area (Å²) in [5.41, 5.74) is 1.05. The molecule has 3 aliphatic heterocycles. The zero-order chi connectivity index (χ0) is 20.3. The van der Waals surface area contributed by atoms with Gasteiger partial charge in [-0.1, -0.05) is 30.3 Å². The van der Waals surface area contributed by atoms with Crippen molar-refractivity contribution in [1.82, 2.24) is 10.2 Å². The first-order chi connectivity index (χ1) is 14.0. The van der Waals surface area contributed by atoms with Crippen molar-refractivity contribution in [3.63, 3.8) is 0 Å². The molecule has 7 heteroatoms. The van der Waals surface area contributed by atoms with Gasteiger partial charge in [-0.05, 0) is 30.7 Å². The van der Waals surface area contributed by atoms with E-state index in [1.807, 2.05) is 43.3 Å². The molecular weight excluding hydrogens is 370 g/mol. The molecular formula is C22H21N3O4. The van der Waals surface area contributed by atoms with Gasteiger partial charge in [-0.15, -0.1) is 0 Å². The maximum atomic E-state index is 13.4. The van der Waals surface area contributed by atoms with E-state index >= 15 is 0 Å². The van der Waals surface area contributed by atoms with Crippen LogP contribution in [0.3, 0.4) is 0 Å². The van der Waals surface area contributed by atoms with E-state index < -0.39 is 17.4 Å². The molecule has 3 aliphatic rings.